The van der Waals surface area contributed by atoms with Gasteiger partial charge in [-0.05, 0) is 12.0 Å². The van der Waals surface area contributed by atoms with Gasteiger partial charge in [0.2, 0.25) is 10.0 Å². The lowest BCUT2D eigenvalue weighted by Crippen LogP contribution is -2.31. The molecule has 3 N–H and O–H groups in total. The van der Waals surface area contributed by atoms with Crippen LogP contribution in [0.1, 0.15) is 13.8 Å². The Bertz CT molecular complexity index is 632. The summed E-state index contributed by atoms with van der Waals surface area (Å²) < 4.78 is 27.7. The highest BCUT2D eigenvalue weighted by atomic mass is 35.5. The smallest absolute Gasteiger partial charge is 0.257 e. The number of hydrogen-bond donors (Lipinski definition) is 2. The van der Waals surface area contributed by atoms with E-state index in [1.807, 2.05) is 13.8 Å². The van der Waals surface area contributed by atoms with Crippen LogP contribution in [0.2, 0.25) is 10.0 Å². The predicted octanol–water partition coefficient (Wildman–Crippen LogP) is 1.79. The number of nitrogens with two attached hydrogens (primary N) is 1. The molecule has 1 amide bonds. The number of primary sulfonamides is 1. The number of rotatable bonds is 6. The van der Waals surface area contributed by atoms with Gasteiger partial charge in [0.15, 0.2) is 6.61 Å². The Morgan fingerprint density at radius 1 is 1.33 bits per heavy atom. The first-order valence-corrected chi connectivity index (χ1v) is 8.33. The van der Waals surface area contributed by atoms with E-state index < -0.39 is 10.0 Å². The molecule has 0 saturated heterocycles. The molecule has 1 aromatic carbocycles. The molecule has 1 rings (SSSR count). The monoisotopic (exact) mass is 354 g/mol. The summed E-state index contributed by atoms with van der Waals surface area (Å²) in [6, 6.07) is 2.29. The van der Waals surface area contributed by atoms with Crippen LogP contribution < -0.4 is 15.2 Å². The van der Waals surface area contributed by atoms with Gasteiger partial charge in [0.25, 0.3) is 5.91 Å². The van der Waals surface area contributed by atoms with Gasteiger partial charge in [-0.25, -0.2) is 13.6 Å². The van der Waals surface area contributed by atoms with Gasteiger partial charge in [-0.3, -0.25) is 4.79 Å². The van der Waals surface area contributed by atoms with Gasteiger partial charge in [-0.1, -0.05) is 37.0 Å². The fourth-order valence-corrected chi connectivity index (χ4v) is 2.72. The number of carbonyl (C=O) groups excluding carboxylic acids is 1. The van der Waals surface area contributed by atoms with Crippen molar-refractivity contribution >= 4 is 39.1 Å². The molecule has 0 aliphatic heterocycles. The maximum atomic E-state index is 11.5. The summed E-state index contributed by atoms with van der Waals surface area (Å²) in [5.41, 5.74) is 0. The van der Waals surface area contributed by atoms with Crippen LogP contribution in [0, 0.1) is 5.92 Å². The molecule has 0 aliphatic rings. The van der Waals surface area contributed by atoms with E-state index in [9.17, 15) is 13.2 Å². The maximum absolute atomic E-state index is 11.5. The van der Waals surface area contributed by atoms with E-state index in [0.29, 0.717) is 12.5 Å². The number of amides is 1. The fourth-order valence-electron chi connectivity index (χ4n) is 1.35. The van der Waals surface area contributed by atoms with E-state index in [-0.39, 0.29) is 33.2 Å². The third-order valence-electron chi connectivity index (χ3n) is 2.36. The average Bonchev–Trinajstić information content (AvgIpc) is 2.35. The minimum absolute atomic E-state index is 0.0000783. The minimum atomic E-state index is -3.97. The van der Waals surface area contributed by atoms with Crippen LogP contribution in [0.3, 0.4) is 0 Å². The van der Waals surface area contributed by atoms with E-state index in [1.54, 1.807) is 0 Å². The van der Waals surface area contributed by atoms with Gasteiger partial charge in [-0.2, -0.15) is 0 Å². The number of hydrogen-bond acceptors (Lipinski definition) is 4. The Hall–Kier alpha value is -1.02. The first-order chi connectivity index (χ1) is 9.61. The SMILES string of the molecule is CC(C)CNC(=O)COc1cc(Cl)c(S(N)(=O)=O)cc1Cl. The number of sulfonamides is 1. The van der Waals surface area contributed by atoms with Gasteiger partial charge in [0.1, 0.15) is 10.6 Å². The summed E-state index contributed by atoms with van der Waals surface area (Å²) in [7, 11) is -3.97. The molecule has 0 atom stereocenters. The molecule has 6 nitrogen and oxygen atoms in total. The normalized spacial score (nSPS) is 11.5. The van der Waals surface area contributed by atoms with Gasteiger partial charge in [0, 0.05) is 12.6 Å². The Labute approximate surface area is 133 Å². The minimum Gasteiger partial charge on any atom is -0.482 e. The summed E-state index contributed by atoms with van der Waals surface area (Å²) in [5, 5.41) is 7.53. The zero-order chi connectivity index (χ0) is 16.2. The molecule has 0 radical (unpaired) electrons. The van der Waals surface area contributed by atoms with Gasteiger partial charge in [-0.15, -0.1) is 0 Å². The molecular weight excluding hydrogens is 339 g/mol. The number of carbonyl (C=O) groups is 1. The summed E-state index contributed by atoms with van der Waals surface area (Å²) in [6.07, 6.45) is 0. The fraction of sp³-hybridized carbons (Fsp3) is 0.417. The van der Waals surface area contributed by atoms with Crippen molar-refractivity contribution in [2.75, 3.05) is 13.2 Å². The Morgan fingerprint density at radius 3 is 2.48 bits per heavy atom. The van der Waals surface area contributed by atoms with Crippen LogP contribution >= 0.6 is 23.2 Å². The number of nitrogens with one attached hydrogen (secondary N) is 1. The number of ether oxygens (including phenoxy) is 1. The van der Waals surface area contributed by atoms with E-state index >= 15 is 0 Å². The molecule has 0 spiro atoms. The predicted molar refractivity (Wildman–Crippen MR) is 81.2 cm³/mol. The Balaban J connectivity index is 2.78. The zero-order valence-electron chi connectivity index (χ0n) is 11.5. The Morgan fingerprint density at radius 2 is 1.95 bits per heavy atom. The third kappa shape index (κ3) is 5.70. The Kier molecular flexibility index (Phi) is 6.27. The van der Waals surface area contributed by atoms with Crippen LogP contribution in [0.5, 0.6) is 5.75 Å². The van der Waals surface area contributed by atoms with Crippen LogP contribution in [0.25, 0.3) is 0 Å². The summed E-state index contributed by atoms with van der Waals surface area (Å²) in [6.45, 7) is 4.20. The van der Waals surface area contributed by atoms with E-state index in [2.05, 4.69) is 5.32 Å². The van der Waals surface area contributed by atoms with Crippen molar-refractivity contribution in [3.63, 3.8) is 0 Å². The highest BCUT2D eigenvalue weighted by molar-refractivity contribution is 7.89. The summed E-state index contributed by atoms with van der Waals surface area (Å²) in [5.74, 6) is 0.112. The molecular formula is C12H16Cl2N2O4S. The summed E-state index contributed by atoms with van der Waals surface area (Å²) >= 11 is 11.7. The molecule has 0 aliphatic carbocycles. The van der Waals surface area contributed by atoms with Crippen molar-refractivity contribution < 1.29 is 17.9 Å². The molecule has 0 heterocycles. The van der Waals surface area contributed by atoms with E-state index in [1.165, 1.54) is 6.07 Å². The number of benzene rings is 1. The standard InChI is InChI=1S/C12H16Cl2N2O4S/c1-7(2)5-16-12(17)6-20-10-3-9(14)11(4-8(10)13)21(15,18)19/h3-4,7H,5-6H2,1-2H3,(H,16,17)(H2,15,18,19). The molecule has 0 aromatic heterocycles. The van der Waals surface area contributed by atoms with Crippen molar-refractivity contribution in [2.24, 2.45) is 11.1 Å². The highest BCUT2D eigenvalue weighted by Gasteiger charge is 2.17. The second kappa shape index (κ2) is 7.31. The maximum Gasteiger partial charge on any atom is 0.257 e. The van der Waals surface area contributed by atoms with Crippen LogP contribution in [-0.2, 0) is 14.8 Å². The lowest BCUT2D eigenvalue weighted by Gasteiger charge is -2.11. The van der Waals surface area contributed by atoms with Crippen LogP contribution in [-0.4, -0.2) is 27.5 Å². The van der Waals surface area contributed by atoms with Crippen molar-refractivity contribution in [3.05, 3.63) is 22.2 Å². The molecule has 0 saturated carbocycles. The molecule has 0 unspecified atom stereocenters. The highest BCUT2D eigenvalue weighted by Crippen LogP contribution is 2.32. The second-order valence-electron chi connectivity index (χ2n) is 4.74. The van der Waals surface area contributed by atoms with Crippen LogP contribution in [0.15, 0.2) is 17.0 Å². The van der Waals surface area contributed by atoms with Crippen LogP contribution in [0.4, 0.5) is 0 Å². The molecule has 0 fully saturated rings. The number of halogens is 2. The second-order valence-corrected chi connectivity index (χ2v) is 7.09. The topological polar surface area (TPSA) is 98.5 Å². The van der Waals surface area contributed by atoms with Crippen molar-refractivity contribution in [2.45, 2.75) is 18.7 Å². The quantitative estimate of drug-likeness (QED) is 0.813. The van der Waals surface area contributed by atoms with Crippen molar-refractivity contribution in [1.82, 2.24) is 5.32 Å². The average molecular weight is 355 g/mol. The largest absolute Gasteiger partial charge is 0.482 e. The van der Waals surface area contributed by atoms with Gasteiger partial charge >= 0.3 is 0 Å². The first kappa shape index (κ1) is 18.0. The molecule has 21 heavy (non-hydrogen) atoms. The lowest BCUT2D eigenvalue weighted by molar-refractivity contribution is -0.123. The summed E-state index contributed by atoms with van der Waals surface area (Å²) in [4.78, 5) is 11.2. The van der Waals surface area contributed by atoms with Gasteiger partial charge < -0.3 is 10.1 Å². The van der Waals surface area contributed by atoms with Gasteiger partial charge in [0.05, 0.1) is 10.0 Å². The third-order valence-corrected chi connectivity index (χ3v) is 4.03. The van der Waals surface area contributed by atoms with E-state index in [4.69, 9.17) is 33.1 Å². The van der Waals surface area contributed by atoms with E-state index in [0.717, 1.165) is 6.07 Å². The molecule has 0 bridgehead atoms. The molecule has 1 aromatic rings. The first-order valence-electron chi connectivity index (χ1n) is 6.02. The molecule has 9 heteroatoms. The zero-order valence-corrected chi connectivity index (χ0v) is 13.8. The lowest BCUT2D eigenvalue weighted by atomic mass is 10.2. The van der Waals surface area contributed by atoms with Crippen molar-refractivity contribution in [3.8, 4) is 5.75 Å². The molecule has 118 valence electrons. The van der Waals surface area contributed by atoms with Crippen molar-refractivity contribution in [1.29, 1.82) is 0 Å².